The van der Waals surface area contributed by atoms with E-state index in [0.717, 1.165) is 11.1 Å². The number of amides is 1. The molecule has 1 heterocycles. The summed E-state index contributed by atoms with van der Waals surface area (Å²) < 4.78 is 0. The molecule has 0 bridgehead atoms. The van der Waals surface area contributed by atoms with Crippen molar-refractivity contribution >= 4 is 34.8 Å². The fraction of sp³-hybridized carbons (Fsp3) is 0.125. The van der Waals surface area contributed by atoms with Crippen LogP contribution in [0.5, 0.6) is 0 Å². The van der Waals surface area contributed by atoms with E-state index < -0.39 is 0 Å². The van der Waals surface area contributed by atoms with Gasteiger partial charge in [0.15, 0.2) is 0 Å². The van der Waals surface area contributed by atoms with Crippen LogP contribution in [-0.4, -0.2) is 26.1 Å². The number of nitrogens with one attached hydrogen (secondary N) is 1. The number of hydrogen-bond acceptors (Lipinski definition) is 4. The van der Waals surface area contributed by atoms with Gasteiger partial charge >= 0.3 is 0 Å². The lowest BCUT2D eigenvalue weighted by Gasteiger charge is -2.08. The number of aromatic nitrogens is 4. The van der Waals surface area contributed by atoms with Crippen molar-refractivity contribution in [1.82, 2.24) is 20.2 Å². The number of anilines is 1. The molecule has 1 aromatic heterocycles. The summed E-state index contributed by atoms with van der Waals surface area (Å²) >= 11 is 12.0. The summed E-state index contributed by atoms with van der Waals surface area (Å²) in [5, 5.41) is 16.0. The van der Waals surface area contributed by atoms with Gasteiger partial charge in [0, 0.05) is 21.3 Å². The number of nitrogens with zero attached hydrogens (tertiary/aromatic N) is 4. The molecule has 0 saturated carbocycles. The number of rotatable bonds is 4. The molecule has 3 aromatic rings. The van der Waals surface area contributed by atoms with Gasteiger partial charge in [-0.15, -0.1) is 10.2 Å². The first kappa shape index (κ1) is 16.4. The summed E-state index contributed by atoms with van der Waals surface area (Å²) in [6.45, 7) is 1.78. The molecule has 0 saturated heterocycles. The van der Waals surface area contributed by atoms with Gasteiger partial charge in [-0.1, -0.05) is 41.4 Å². The average molecular weight is 362 g/mol. The van der Waals surface area contributed by atoms with Gasteiger partial charge in [-0.3, -0.25) is 4.79 Å². The Hall–Kier alpha value is -2.44. The van der Waals surface area contributed by atoms with Crippen molar-refractivity contribution in [3.63, 3.8) is 0 Å². The van der Waals surface area contributed by atoms with E-state index in [1.165, 1.54) is 4.80 Å². The highest BCUT2D eigenvalue weighted by molar-refractivity contribution is 6.31. The molecule has 0 atom stereocenters. The standard InChI is InChI=1S/C16H13Cl2N5O/c1-10-13(18)6-3-7-14(10)19-15(24)9-23-21-16(20-22-23)11-4-2-5-12(17)8-11/h2-8H,9H2,1H3,(H,19,24). The Morgan fingerprint density at radius 3 is 2.79 bits per heavy atom. The molecule has 6 nitrogen and oxygen atoms in total. The maximum absolute atomic E-state index is 12.1. The number of benzene rings is 2. The quantitative estimate of drug-likeness (QED) is 0.770. The Labute approximate surface area is 148 Å². The van der Waals surface area contributed by atoms with Crippen molar-refractivity contribution in [2.45, 2.75) is 13.5 Å². The molecule has 0 aliphatic carbocycles. The second kappa shape index (κ2) is 6.98. The van der Waals surface area contributed by atoms with Gasteiger partial charge in [0.25, 0.3) is 0 Å². The van der Waals surface area contributed by atoms with Crippen LogP contribution in [0, 0.1) is 6.92 Å². The fourth-order valence-electron chi connectivity index (χ4n) is 2.11. The predicted molar refractivity (Wildman–Crippen MR) is 93.1 cm³/mol. The molecule has 1 amide bonds. The molecule has 0 aliphatic rings. The average Bonchev–Trinajstić information content (AvgIpc) is 3.00. The van der Waals surface area contributed by atoms with E-state index in [-0.39, 0.29) is 12.5 Å². The van der Waals surface area contributed by atoms with Crippen LogP contribution in [0.3, 0.4) is 0 Å². The second-order valence-corrected chi connectivity index (χ2v) is 5.96. The molecule has 8 heteroatoms. The number of halogens is 2. The fourth-order valence-corrected chi connectivity index (χ4v) is 2.48. The highest BCUT2D eigenvalue weighted by Crippen LogP contribution is 2.23. The Kier molecular flexibility index (Phi) is 4.78. The van der Waals surface area contributed by atoms with Crippen molar-refractivity contribution in [2.24, 2.45) is 0 Å². The van der Waals surface area contributed by atoms with Crippen LogP contribution >= 0.6 is 23.2 Å². The largest absolute Gasteiger partial charge is 0.324 e. The molecule has 0 fully saturated rings. The molecule has 24 heavy (non-hydrogen) atoms. The third-order valence-electron chi connectivity index (χ3n) is 3.36. The SMILES string of the molecule is Cc1c(Cl)cccc1NC(=O)Cn1nnc(-c2cccc(Cl)c2)n1. The van der Waals surface area contributed by atoms with Crippen molar-refractivity contribution < 1.29 is 4.79 Å². The number of tetrazole rings is 1. The van der Waals surface area contributed by atoms with Gasteiger partial charge < -0.3 is 5.32 Å². The first-order valence-electron chi connectivity index (χ1n) is 7.11. The van der Waals surface area contributed by atoms with Crippen molar-refractivity contribution in [1.29, 1.82) is 0 Å². The Bertz CT molecular complexity index is 894. The first-order valence-corrected chi connectivity index (χ1v) is 7.87. The minimum absolute atomic E-state index is 0.0560. The van der Waals surface area contributed by atoms with E-state index in [9.17, 15) is 4.79 Å². The van der Waals surface area contributed by atoms with E-state index in [4.69, 9.17) is 23.2 Å². The van der Waals surface area contributed by atoms with Crippen LogP contribution in [0.2, 0.25) is 10.0 Å². The monoisotopic (exact) mass is 361 g/mol. The van der Waals surface area contributed by atoms with Gasteiger partial charge in [-0.25, -0.2) is 0 Å². The van der Waals surface area contributed by atoms with E-state index in [0.29, 0.717) is 21.6 Å². The summed E-state index contributed by atoms with van der Waals surface area (Å²) in [6, 6.07) is 12.4. The van der Waals surface area contributed by atoms with Gasteiger partial charge in [0.1, 0.15) is 6.54 Å². The molecule has 0 unspecified atom stereocenters. The van der Waals surface area contributed by atoms with Crippen molar-refractivity contribution in [2.75, 3.05) is 5.32 Å². The zero-order chi connectivity index (χ0) is 17.1. The maximum atomic E-state index is 12.1. The lowest BCUT2D eigenvalue weighted by Crippen LogP contribution is -2.21. The van der Waals surface area contributed by atoms with E-state index >= 15 is 0 Å². The Morgan fingerprint density at radius 2 is 2.00 bits per heavy atom. The van der Waals surface area contributed by atoms with Crippen LogP contribution in [-0.2, 0) is 11.3 Å². The zero-order valence-corrected chi connectivity index (χ0v) is 14.2. The minimum atomic E-state index is -0.268. The third-order valence-corrected chi connectivity index (χ3v) is 4.01. The molecule has 3 rings (SSSR count). The number of carbonyl (C=O) groups excluding carboxylic acids is 1. The van der Waals surface area contributed by atoms with Crippen LogP contribution in [0.25, 0.3) is 11.4 Å². The minimum Gasteiger partial charge on any atom is -0.324 e. The molecule has 0 aliphatic heterocycles. The smallest absolute Gasteiger partial charge is 0.248 e. The first-order chi connectivity index (χ1) is 11.5. The summed E-state index contributed by atoms with van der Waals surface area (Å²) in [4.78, 5) is 13.4. The van der Waals surface area contributed by atoms with Crippen LogP contribution in [0.4, 0.5) is 5.69 Å². The molecule has 0 radical (unpaired) electrons. The molecule has 122 valence electrons. The van der Waals surface area contributed by atoms with E-state index in [2.05, 4.69) is 20.7 Å². The summed E-state index contributed by atoms with van der Waals surface area (Å²) in [7, 11) is 0. The van der Waals surface area contributed by atoms with Crippen molar-refractivity contribution in [3.8, 4) is 11.4 Å². The molecular weight excluding hydrogens is 349 g/mol. The van der Waals surface area contributed by atoms with Gasteiger partial charge in [0.05, 0.1) is 0 Å². The summed E-state index contributed by atoms with van der Waals surface area (Å²) in [5.41, 5.74) is 2.20. The van der Waals surface area contributed by atoms with Crippen LogP contribution in [0.1, 0.15) is 5.56 Å². The lowest BCUT2D eigenvalue weighted by molar-refractivity contribution is -0.117. The molecule has 2 aromatic carbocycles. The number of hydrogen-bond donors (Lipinski definition) is 1. The highest BCUT2D eigenvalue weighted by Gasteiger charge is 2.11. The normalized spacial score (nSPS) is 10.6. The van der Waals surface area contributed by atoms with Gasteiger partial charge in [0.2, 0.25) is 11.7 Å². The van der Waals surface area contributed by atoms with Crippen LogP contribution in [0.15, 0.2) is 42.5 Å². The Morgan fingerprint density at radius 1 is 1.21 bits per heavy atom. The van der Waals surface area contributed by atoms with E-state index in [1.54, 1.807) is 36.4 Å². The summed E-state index contributed by atoms with van der Waals surface area (Å²) in [6.07, 6.45) is 0. The van der Waals surface area contributed by atoms with Gasteiger partial charge in [-0.05, 0) is 42.0 Å². The Balaban J connectivity index is 1.70. The third kappa shape index (κ3) is 3.72. The zero-order valence-electron chi connectivity index (χ0n) is 12.7. The lowest BCUT2D eigenvalue weighted by atomic mass is 10.2. The summed E-state index contributed by atoms with van der Waals surface area (Å²) in [5.74, 6) is 0.139. The maximum Gasteiger partial charge on any atom is 0.248 e. The molecular formula is C16H13Cl2N5O. The number of carbonyl (C=O) groups is 1. The van der Waals surface area contributed by atoms with Crippen molar-refractivity contribution in [3.05, 3.63) is 58.1 Å². The molecule has 1 N–H and O–H groups in total. The van der Waals surface area contributed by atoms with E-state index in [1.807, 2.05) is 13.0 Å². The second-order valence-electron chi connectivity index (χ2n) is 5.11. The van der Waals surface area contributed by atoms with Crippen LogP contribution < -0.4 is 5.32 Å². The molecule has 0 spiro atoms. The highest BCUT2D eigenvalue weighted by atomic mass is 35.5. The predicted octanol–water partition coefficient (Wildman–Crippen LogP) is 3.59. The topological polar surface area (TPSA) is 72.7 Å². The van der Waals surface area contributed by atoms with Gasteiger partial charge in [-0.2, -0.15) is 4.80 Å².